The number of rotatable bonds is 4. The van der Waals surface area contributed by atoms with Crippen LogP contribution >= 0.6 is 46.4 Å². The van der Waals surface area contributed by atoms with Crippen molar-refractivity contribution in [2.24, 2.45) is 29.6 Å². The highest BCUT2D eigenvalue weighted by Gasteiger charge is 2.79. The number of carbonyl (C=O) groups is 1. The Morgan fingerprint density at radius 2 is 1.46 bits per heavy atom. The van der Waals surface area contributed by atoms with Gasteiger partial charge in [-0.05, 0) is 74.6 Å². The summed E-state index contributed by atoms with van der Waals surface area (Å²) in [5, 5.41) is 0.0579. The average molecular weight is 413 g/mol. The Hall–Kier alpha value is 0.170. The van der Waals surface area contributed by atoms with Crippen molar-refractivity contribution < 1.29 is 9.53 Å². The molecule has 0 amide bonds. The average Bonchev–Trinajstić information content (AvgIpc) is 2.63. The van der Waals surface area contributed by atoms with E-state index in [1.54, 1.807) is 0 Å². The van der Waals surface area contributed by atoms with Crippen LogP contribution < -0.4 is 0 Å². The van der Waals surface area contributed by atoms with Crippen LogP contribution in [0.3, 0.4) is 0 Å². The summed E-state index contributed by atoms with van der Waals surface area (Å²) < 4.78 is 3.91. The molecule has 4 unspecified atom stereocenters. The summed E-state index contributed by atoms with van der Waals surface area (Å²) in [7, 11) is 0. The Balaban J connectivity index is 1.77. The number of hydrogen-bond donors (Lipinski definition) is 0. The number of nitrogens with zero attached hydrogens (tertiary/aromatic N) is 1. The summed E-state index contributed by atoms with van der Waals surface area (Å²) >= 11 is 25.4. The third kappa shape index (κ3) is 1.96. The maximum atomic E-state index is 12.9. The van der Waals surface area contributed by atoms with Crippen molar-refractivity contribution in [1.82, 2.24) is 4.90 Å². The molecule has 0 aromatic carbocycles. The standard InChI is InChI=1S/C17H21Cl4NO2/c1-5(2)22(6(3)4)16-12(15(23)17(20,21)24-16)8-9-7-10(8)14(19)11(7)13(9)18/h5-11,13-14H,1-4H3. The minimum atomic E-state index is -1.85. The van der Waals surface area contributed by atoms with Crippen LogP contribution in [0.15, 0.2) is 11.5 Å². The van der Waals surface area contributed by atoms with Crippen LogP contribution in [0.25, 0.3) is 0 Å². The Kier molecular flexibility index (Phi) is 3.91. The van der Waals surface area contributed by atoms with Gasteiger partial charge in [0.2, 0.25) is 11.7 Å². The van der Waals surface area contributed by atoms with E-state index in [4.69, 9.17) is 51.1 Å². The molecular weight excluding hydrogens is 392 g/mol. The number of Topliss-reactive ketones (excluding diaryl/α,β-unsaturated/α-hetero) is 1. The van der Waals surface area contributed by atoms with Crippen LogP contribution in [-0.4, -0.2) is 38.0 Å². The van der Waals surface area contributed by atoms with Gasteiger partial charge in [-0.15, -0.1) is 23.2 Å². The number of alkyl halides is 4. The monoisotopic (exact) mass is 411 g/mol. The molecule has 7 heteroatoms. The van der Waals surface area contributed by atoms with Crippen molar-refractivity contribution in [3.63, 3.8) is 0 Å². The summed E-state index contributed by atoms with van der Waals surface area (Å²) in [6.45, 7) is 8.23. The maximum Gasteiger partial charge on any atom is 0.324 e. The molecule has 3 fully saturated rings. The highest BCUT2D eigenvalue weighted by molar-refractivity contribution is 6.59. The van der Waals surface area contributed by atoms with E-state index in [1.165, 1.54) is 0 Å². The molecule has 24 heavy (non-hydrogen) atoms. The van der Waals surface area contributed by atoms with E-state index < -0.39 is 4.52 Å². The molecule has 1 aliphatic heterocycles. The van der Waals surface area contributed by atoms with Crippen LogP contribution in [0.1, 0.15) is 27.7 Å². The maximum absolute atomic E-state index is 12.9. The molecule has 0 bridgehead atoms. The van der Waals surface area contributed by atoms with E-state index in [0.717, 1.165) is 0 Å². The summed E-state index contributed by atoms with van der Waals surface area (Å²) in [5.41, 5.74) is 0.600. The van der Waals surface area contributed by atoms with Crippen molar-refractivity contribution in [1.29, 1.82) is 0 Å². The van der Waals surface area contributed by atoms with E-state index in [-0.39, 0.29) is 46.4 Å². The van der Waals surface area contributed by atoms with Gasteiger partial charge < -0.3 is 9.64 Å². The topological polar surface area (TPSA) is 29.5 Å². The van der Waals surface area contributed by atoms with Gasteiger partial charge in [0.05, 0.1) is 5.57 Å². The van der Waals surface area contributed by atoms with Crippen LogP contribution in [0.4, 0.5) is 0 Å². The molecule has 4 rings (SSSR count). The van der Waals surface area contributed by atoms with Gasteiger partial charge in [0, 0.05) is 28.8 Å². The van der Waals surface area contributed by atoms with Gasteiger partial charge in [-0.25, -0.2) is 0 Å². The normalized spacial score (nSPS) is 44.8. The zero-order valence-corrected chi connectivity index (χ0v) is 17.0. The van der Waals surface area contributed by atoms with Crippen LogP contribution in [0, 0.1) is 29.6 Å². The van der Waals surface area contributed by atoms with E-state index in [9.17, 15) is 4.79 Å². The van der Waals surface area contributed by atoms with Gasteiger partial charge in [0.1, 0.15) is 0 Å². The molecule has 4 atom stereocenters. The molecule has 0 N–H and O–H groups in total. The van der Waals surface area contributed by atoms with E-state index in [2.05, 4.69) is 32.6 Å². The second-order valence-corrected chi connectivity index (χ2v) is 10.3. The van der Waals surface area contributed by atoms with Crippen LogP contribution in [-0.2, 0) is 9.53 Å². The smallest absolute Gasteiger partial charge is 0.324 e. The molecule has 3 nitrogen and oxygen atoms in total. The molecule has 0 aromatic rings. The Morgan fingerprint density at radius 1 is 0.958 bits per heavy atom. The lowest BCUT2D eigenvalue weighted by atomic mass is 9.30. The van der Waals surface area contributed by atoms with Crippen LogP contribution in [0.5, 0.6) is 0 Å². The summed E-state index contributed by atoms with van der Waals surface area (Å²) in [4.78, 5) is 15.0. The highest BCUT2D eigenvalue weighted by atomic mass is 35.5. The second kappa shape index (κ2) is 5.34. The second-order valence-electron chi connectivity index (χ2n) is 7.99. The van der Waals surface area contributed by atoms with Crippen molar-refractivity contribution in [2.75, 3.05) is 0 Å². The molecular formula is C17H21Cl4NO2. The van der Waals surface area contributed by atoms with Crippen molar-refractivity contribution in [3.8, 4) is 0 Å². The van der Waals surface area contributed by atoms with Gasteiger partial charge in [-0.3, -0.25) is 4.79 Å². The predicted octanol–water partition coefficient (Wildman–Crippen LogP) is 4.38. The summed E-state index contributed by atoms with van der Waals surface area (Å²) in [6.07, 6.45) is 0. The van der Waals surface area contributed by atoms with Gasteiger partial charge in [0.25, 0.3) is 0 Å². The van der Waals surface area contributed by atoms with E-state index in [0.29, 0.717) is 23.3 Å². The van der Waals surface area contributed by atoms with Gasteiger partial charge in [0.15, 0.2) is 0 Å². The predicted molar refractivity (Wildman–Crippen MR) is 96.4 cm³/mol. The van der Waals surface area contributed by atoms with Crippen molar-refractivity contribution in [3.05, 3.63) is 11.5 Å². The first kappa shape index (κ1) is 17.6. The Labute approximate surface area is 162 Å². The first-order valence-electron chi connectivity index (χ1n) is 8.51. The fourth-order valence-electron chi connectivity index (χ4n) is 5.42. The number of ether oxygens (including phenoxy) is 1. The lowest BCUT2D eigenvalue weighted by Gasteiger charge is -2.77. The highest BCUT2D eigenvalue weighted by Crippen LogP contribution is 2.77. The Morgan fingerprint density at radius 3 is 1.88 bits per heavy atom. The first-order chi connectivity index (χ1) is 11.1. The molecule has 1 heterocycles. The fourth-order valence-corrected chi connectivity index (χ4v) is 7.14. The third-order valence-electron chi connectivity index (χ3n) is 6.28. The SMILES string of the molecule is CC(C)N(C1=C(C2C3C(Cl)C4C(Cl)C2C43)C(=O)C(Cl)(Cl)O1)C(C)C. The number of ketones is 1. The number of carbonyl (C=O) groups excluding carboxylic acids is 1. The molecule has 0 radical (unpaired) electrons. The zero-order valence-electron chi connectivity index (χ0n) is 14.0. The van der Waals surface area contributed by atoms with E-state index in [1.807, 2.05) is 0 Å². The number of halogens is 4. The van der Waals surface area contributed by atoms with Crippen molar-refractivity contribution in [2.45, 2.75) is 55.1 Å². The van der Waals surface area contributed by atoms with Crippen molar-refractivity contribution >= 4 is 52.2 Å². The Bertz CT molecular complexity index is 595. The molecule has 0 aromatic heterocycles. The minimum Gasteiger partial charge on any atom is -0.435 e. The molecule has 3 aliphatic carbocycles. The third-order valence-corrected chi connectivity index (χ3v) is 7.94. The first-order valence-corrected chi connectivity index (χ1v) is 10.1. The lowest BCUT2D eigenvalue weighted by molar-refractivity contribution is -0.222. The lowest BCUT2D eigenvalue weighted by Crippen LogP contribution is -2.80. The zero-order chi connectivity index (χ0) is 17.7. The molecule has 3 saturated carbocycles. The summed E-state index contributed by atoms with van der Waals surface area (Å²) in [6, 6.07) is 0.296. The number of hydrogen-bond acceptors (Lipinski definition) is 3. The van der Waals surface area contributed by atoms with Crippen LogP contribution in [0.2, 0.25) is 0 Å². The molecule has 0 saturated heterocycles. The van der Waals surface area contributed by atoms with E-state index >= 15 is 0 Å². The van der Waals surface area contributed by atoms with Gasteiger partial charge in [-0.1, -0.05) is 0 Å². The largest absolute Gasteiger partial charge is 0.435 e. The summed E-state index contributed by atoms with van der Waals surface area (Å²) in [5.74, 6) is 1.69. The quantitative estimate of drug-likeness (QED) is 0.641. The van der Waals surface area contributed by atoms with Gasteiger partial charge >= 0.3 is 4.52 Å². The fraction of sp³-hybridized carbons (Fsp3) is 0.824. The molecule has 4 aliphatic rings. The minimum absolute atomic E-state index is 0.00637. The molecule has 134 valence electrons. The molecule has 0 spiro atoms. The van der Waals surface area contributed by atoms with Gasteiger partial charge in [-0.2, -0.15) is 0 Å².